The lowest BCUT2D eigenvalue weighted by atomic mass is 10.0. The number of hydrogen-bond acceptors (Lipinski definition) is 5. The number of hydrogen-bond donors (Lipinski definition) is 2. The Morgan fingerprint density at radius 2 is 2.56 bits per heavy atom. The van der Waals surface area contributed by atoms with E-state index in [1.54, 1.807) is 11.3 Å². The summed E-state index contributed by atoms with van der Waals surface area (Å²) < 4.78 is 5.85. The van der Waals surface area contributed by atoms with Gasteiger partial charge in [0.1, 0.15) is 0 Å². The maximum absolute atomic E-state index is 5.85. The van der Waals surface area contributed by atoms with Crippen molar-refractivity contribution in [3.05, 3.63) is 22.4 Å². The van der Waals surface area contributed by atoms with Gasteiger partial charge in [0.2, 0.25) is 0 Å². The van der Waals surface area contributed by atoms with E-state index in [4.69, 9.17) is 10.6 Å². The zero-order chi connectivity index (χ0) is 12.8. The first-order valence-electron chi connectivity index (χ1n) is 6.64. The van der Waals surface area contributed by atoms with E-state index in [2.05, 4.69) is 34.1 Å². The van der Waals surface area contributed by atoms with Crippen LogP contribution in [-0.4, -0.2) is 43.3 Å². The summed E-state index contributed by atoms with van der Waals surface area (Å²) in [6, 6.07) is 2.41. The molecule has 1 aromatic heterocycles. The molecular weight excluding hydrogens is 246 g/mol. The van der Waals surface area contributed by atoms with Crippen molar-refractivity contribution >= 4 is 11.3 Å². The van der Waals surface area contributed by atoms with Gasteiger partial charge >= 0.3 is 0 Å². The molecule has 5 heteroatoms. The van der Waals surface area contributed by atoms with E-state index in [0.717, 1.165) is 39.1 Å². The van der Waals surface area contributed by atoms with Crippen molar-refractivity contribution in [2.75, 3.05) is 26.2 Å². The molecule has 0 spiro atoms. The first-order valence-corrected chi connectivity index (χ1v) is 7.59. The fraction of sp³-hybridized carbons (Fsp3) is 0.692. The highest BCUT2D eigenvalue weighted by atomic mass is 32.1. The second-order valence-electron chi connectivity index (χ2n) is 4.75. The molecule has 0 bridgehead atoms. The predicted octanol–water partition coefficient (Wildman–Crippen LogP) is 1.23. The molecule has 2 heterocycles. The van der Waals surface area contributed by atoms with Crippen LogP contribution in [0.2, 0.25) is 0 Å². The summed E-state index contributed by atoms with van der Waals surface area (Å²) in [7, 11) is 0. The minimum Gasteiger partial charge on any atom is -0.374 e. The molecule has 3 N–H and O–H groups in total. The van der Waals surface area contributed by atoms with Crippen molar-refractivity contribution in [3.8, 4) is 0 Å². The van der Waals surface area contributed by atoms with Crippen LogP contribution in [0, 0.1) is 0 Å². The molecule has 18 heavy (non-hydrogen) atoms. The van der Waals surface area contributed by atoms with Crippen LogP contribution in [0.4, 0.5) is 0 Å². The van der Waals surface area contributed by atoms with Gasteiger partial charge in [0.05, 0.1) is 12.7 Å². The second kappa shape index (κ2) is 7.21. The summed E-state index contributed by atoms with van der Waals surface area (Å²) in [5, 5.41) is 4.32. The van der Waals surface area contributed by atoms with Crippen LogP contribution in [0.3, 0.4) is 0 Å². The molecule has 0 amide bonds. The standard InChI is InChI=1S/C13H23N3OS/c1-2-16-6-7-17-13(9-16)12(15-14)4-3-11-5-8-18-10-11/h5,8,10,12-13,15H,2-4,6-7,9,14H2,1H3. The lowest BCUT2D eigenvalue weighted by Crippen LogP contribution is -2.54. The highest BCUT2D eigenvalue weighted by Gasteiger charge is 2.26. The van der Waals surface area contributed by atoms with Gasteiger partial charge in [-0.2, -0.15) is 11.3 Å². The summed E-state index contributed by atoms with van der Waals surface area (Å²) in [4.78, 5) is 2.42. The van der Waals surface area contributed by atoms with Crippen LogP contribution in [0.5, 0.6) is 0 Å². The molecular formula is C13H23N3OS. The normalized spacial score (nSPS) is 23.1. The molecule has 1 aliphatic rings. The average molecular weight is 269 g/mol. The Morgan fingerprint density at radius 1 is 1.67 bits per heavy atom. The summed E-state index contributed by atoms with van der Waals surface area (Å²) in [5.74, 6) is 5.68. The first-order chi connectivity index (χ1) is 8.83. The third-order valence-electron chi connectivity index (χ3n) is 3.61. The number of rotatable bonds is 6. The monoisotopic (exact) mass is 269 g/mol. The largest absolute Gasteiger partial charge is 0.374 e. The smallest absolute Gasteiger partial charge is 0.0868 e. The van der Waals surface area contributed by atoms with Gasteiger partial charge in [0.15, 0.2) is 0 Å². The maximum Gasteiger partial charge on any atom is 0.0868 e. The molecule has 2 atom stereocenters. The van der Waals surface area contributed by atoms with Gasteiger partial charge in [-0.05, 0) is 41.8 Å². The van der Waals surface area contributed by atoms with Crippen LogP contribution < -0.4 is 11.3 Å². The summed E-state index contributed by atoms with van der Waals surface area (Å²) in [5.41, 5.74) is 4.32. The van der Waals surface area contributed by atoms with Crippen molar-refractivity contribution in [3.63, 3.8) is 0 Å². The lowest BCUT2D eigenvalue weighted by molar-refractivity contribution is -0.0461. The molecule has 1 fully saturated rings. The van der Waals surface area contributed by atoms with Gasteiger partial charge in [-0.25, -0.2) is 0 Å². The number of hydrazine groups is 1. The van der Waals surface area contributed by atoms with E-state index in [1.165, 1.54) is 5.56 Å². The number of nitrogens with zero attached hydrogens (tertiary/aromatic N) is 1. The van der Waals surface area contributed by atoms with Crippen molar-refractivity contribution in [1.29, 1.82) is 0 Å². The van der Waals surface area contributed by atoms with Crippen LogP contribution in [0.15, 0.2) is 16.8 Å². The number of ether oxygens (including phenoxy) is 1. The maximum atomic E-state index is 5.85. The van der Waals surface area contributed by atoms with Crippen LogP contribution in [0.1, 0.15) is 18.9 Å². The third kappa shape index (κ3) is 3.76. The molecule has 1 saturated heterocycles. The van der Waals surface area contributed by atoms with Crippen LogP contribution in [-0.2, 0) is 11.2 Å². The molecule has 0 saturated carbocycles. The van der Waals surface area contributed by atoms with Gasteiger partial charge in [-0.3, -0.25) is 16.2 Å². The second-order valence-corrected chi connectivity index (χ2v) is 5.53. The molecule has 102 valence electrons. The Kier molecular flexibility index (Phi) is 5.59. The zero-order valence-electron chi connectivity index (χ0n) is 11.0. The van der Waals surface area contributed by atoms with E-state index < -0.39 is 0 Å². The SMILES string of the molecule is CCN1CCOC(C(CCc2ccsc2)NN)C1. The molecule has 1 aliphatic heterocycles. The zero-order valence-corrected chi connectivity index (χ0v) is 11.8. The van der Waals surface area contributed by atoms with Crippen LogP contribution in [0.25, 0.3) is 0 Å². The minimum absolute atomic E-state index is 0.210. The summed E-state index contributed by atoms with van der Waals surface area (Å²) in [6.07, 6.45) is 2.29. The molecule has 1 aromatic rings. The van der Waals surface area contributed by atoms with Gasteiger partial charge in [0.25, 0.3) is 0 Å². The Balaban J connectivity index is 1.83. The van der Waals surface area contributed by atoms with E-state index in [9.17, 15) is 0 Å². The Hall–Kier alpha value is -0.460. The Labute approximate surface area is 113 Å². The van der Waals surface area contributed by atoms with Crippen molar-refractivity contribution in [2.24, 2.45) is 5.84 Å². The van der Waals surface area contributed by atoms with E-state index in [0.29, 0.717) is 0 Å². The van der Waals surface area contributed by atoms with E-state index in [-0.39, 0.29) is 12.1 Å². The number of aryl methyl sites for hydroxylation is 1. The van der Waals surface area contributed by atoms with E-state index in [1.807, 2.05) is 0 Å². The van der Waals surface area contributed by atoms with Crippen molar-refractivity contribution in [1.82, 2.24) is 10.3 Å². The quantitative estimate of drug-likeness (QED) is 0.602. The lowest BCUT2D eigenvalue weighted by Gasteiger charge is -2.36. The van der Waals surface area contributed by atoms with Gasteiger partial charge in [0, 0.05) is 19.1 Å². The fourth-order valence-corrected chi connectivity index (χ4v) is 3.10. The molecule has 0 aromatic carbocycles. The Morgan fingerprint density at radius 3 is 3.22 bits per heavy atom. The average Bonchev–Trinajstić information content (AvgIpc) is 2.93. The third-order valence-corrected chi connectivity index (χ3v) is 4.34. The number of morpholine rings is 1. The van der Waals surface area contributed by atoms with Gasteiger partial charge in [-0.1, -0.05) is 6.92 Å². The molecule has 0 radical (unpaired) electrons. The number of likely N-dealkylation sites (N-methyl/N-ethyl adjacent to an activating group) is 1. The van der Waals surface area contributed by atoms with Crippen LogP contribution >= 0.6 is 11.3 Å². The minimum atomic E-state index is 0.210. The topological polar surface area (TPSA) is 50.5 Å². The predicted molar refractivity (Wildman–Crippen MR) is 75.6 cm³/mol. The fourth-order valence-electron chi connectivity index (χ4n) is 2.40. The summed E-state index contributed by atoms with van der Waals surface area (Å²) in [6.45, 7) is 6.11. The van der Waals surface area contributed by atoms with Crippen molar-refractivity contribution < 1.29 is 4.74 Å². The van der Waals surface area contributed by atoms with Gasteiger partial charge < -0.3 is 4.74 Å². The highest BCUT2D eigenvalue weighted by Crippen LogP contribution is 2.15. The van der Waals surface area contributed by atoms with E-state index >= 15 is 0 Å². The Bertz CT molecular complexity index is 331. The summed E-state index contributed by atoms with van der Waals surface area (Å²) >= 11 is 1.75. The number of nitrogens with two attached hydrogens (primary N) is 1. The molecule has 0 aliphatic carbocycles. The van der Waals surface area contributed by atoms with Gasteiger partial charge in [-0.15, -0.1) is 0 Å². The molecule has 2 unspecified atom stereocenters. The number of thiophene rings is 1. The molecule has 2 rings (SSSR count). The molecule has 4 nitrogen and oxygen atoms in total. The highest BCUT2D eigenvalue weighted by molar-refractivity contribution is 7.07. The van der Waals surface area contributed by atoms with Crippen molar-refractivity contribution in [2.45, 2.75) is 31.9 Å². The number of nitrogens with one attached hydrogen (secondary N) is 1. The first kappa shape index (κ1) is 14.0.